The van der Waals surface area contributed by atoms with Gasteiger partial charge in [0.15, 0.2) is 0 Å². The number of rotatable bonds is 5. The number of hydrogen-bond donors (Lipinski definition) is 1. The van der Waals surface area contributed by atoms with Crippen LogP contribution in [0.15, 0.2) is 24.3 Å². The van der Waals surface area contributed by atoms with Gasteiger partial charge in [-0.1, -0.05) is 6.92 Å². The van der Waals surface area contributed by atoms with Crippen LogP contribution in [0.1, 0.15) is 19.8 Å². The molecule has 2 rings (SSSR count). The zero-order valence-corrected chi connectivity index (χ0v) is 10.6. The molecule has 1 heterocycles. The molecule has 1 saturated heterocycles. The van der Waals surface area contributed by atoms with Gasteiger partial charge in [0, 0.05) is 37.0 Å². The Bertz CT molecular complexity index is 399. The predicted octanol–water partition coefficient (Wildman–Crippen LogP) is 2.17. The highest BCUT2D eigenvalue weighted by Gasteiger charge is 2.22. The number of nitro groups is 1. The van der Waals surface area contributed by atoms with Crippen LogP contribution in [0.3, 0.4) is 0 Å². The minimum Gasteiger partial charge on any atom is -0.367 e. The van der Waals surface area contributed by atoms with Crippen molar-refractivity contribution < 1.29 is 4.92 Å². The average Bonchev–Trinajstić information content (AvgIpc) is 2.90. The summed E-state index contributed by atoms with van der Waals surface area (Å²) in [5, 5.41) is 14.0. The lowest BCUT2D eigenvalue weighted by atomic mass is 10.1. The summed E-state index contributed by atoms with van der Waals surface area (Å²) in [6, 6.07) is 7.38. The largest absolute Gasteiger partial charge is 0.367 e. The first-order chi connectivity index (χ1) is 8.72. The quantitative estimate of drug-likeness (QED) is 0.642. The first kappa shape index (κ1) is 12.8. The first-order valence-corrected chi connectivity index (χ1v) is 6.44. The molecule has 1 unspecified atom stereocenters. The molecule has 0 aromatic heterocycles. The third kappa shape index (κ3) is 2.79. The topological polar surface area (TPSA) is 58.4 Å². The molecule has 1 fully saturated rings. The number of nitro benzene ring substituents is 1. The molecule has 0 amide bonds. The lowest BCUT2D eigenvalue weighted by molar-refractivity contribution is -0.384. The highest BCUT2D eigenvalue weighted by Crippen LogP contribution is 2.23. The Morgan fingerprint density at radius 2 is 2.17 bits per heavy atom. The molecule has 1 atom stereocenters. The first-order valence-electron chi connectivity index (χ1n) is 6.44. The zero-order chi connectivity index (χ0) is 13.0. The van der Waals surface area contributed by atoms with Gasteiger partial charge in [-0.2, -0.15) is 0 Å². The molecule has 98 valence electrons. The monoisotopic (exact) mass is 249 g/mol. The van der Waals surface area contributed by atoms with Gasteiger partial charge in [0.1, 0.15) is 0 Å². The van der Waals surface area contributed by atoms with Crippen LogP contribution in [0.2, 0.25) is 0 Å². The van der Waals surface area contributed by atoms with E-state index < -0.39 is 0 Å². The third-order valence-electron chi connectivity index (χ3n) is 3.33. The van der Waals surface area contributed by atoms with Gasteiger partial charge in [-0.25, -0.2) is 0 Å². The summed E-state index contributed by atoms with van der Waals surface area (Å²) in [6.45, 7) is 5.19. The van der Waals surface area contributed by atoms with Crippen molar-refractivity contribution in [2.24, 2.45) is 0 Å². The second kappa shape index (κ2) is 5.82. The molecular weight excluding hydrogens is 230 g/mol. The molecule has 0 radical (unpaired) electrons. The molecule has 0 saturated carbocycles. The van der Waals surface area contributed by atoms with E-state index in [1.54, 1.807) is 12.1 Å². The van der Waals surface area contributed by atoms with Gasteiger partial charge in [0.2, 0.25) is 0 Å². The van der Waals surface area contributed by atoms with Crippen molar-refractivity contribution >= 4 is 11.4 Å². The van der Waals surface area contributed by atoms with Crippen LogP contribution >= 0.6 is 0 Å². The summed E-state index contributed by atoms with van der Waals surface area (Å²) in [4.78, 5) is 12.6. The van der Waals surface area contributed by atoms with Gasteiger partial charge in [-0.05, 0) is 31.5 Å². The Balaban J connectivity index is 2.16. The normalized spacial score (nSPS) is 18.8. The van der Waals surface area contributed by atoms with Crippen molar-refractivity contribution in [3.05, 3.63) is 34.4 Å². The van der Waals surface area contributed by atoms with E-state index in [-0.39, 0.29) is 10.6 Å². The number of anilines is 1. The van der Waals surface area contributed by atoms with E-state index in [2.05, 4.69) is 17.1 Å². The summed E-state index contributed by atoms with van der Waals surface area (Å²) in [6.07, 6.45) is 2.21. The summed E-state index contributed by atoms with van der Waals surface area (Å²) < 4.78 is 0. The van der Waals surface area contributed by atoms with Crippen LogP contribution < -0.4 is 10.2 Å². The second-order valence-corrected chi connectivity index (χ2v) is 4.61. The van der Waals surface area contributed by atoms with Crippen molar-refractivity contribution in [3.8, 4) is 0 Å². The smallest absolute Gasteiger partial charge is 0.269 e. The molecule has 5 heteroatoms. The molecule has 0 aliphatic carbocycles. The van der Waals surface area contributed by atoms with E-state index in [1.807, 2.05) is 12.1 Å². The SMILES string of the molecule is CCCN(c1ccc([N+](=O)[O-])cc1)C1CCNC1. The summed E-state index contributed by atoms with van der Waals surface area (Å²) in [5.74, 6) is 0. The molecule has 0 bridgehead atoms. The molecule has 1 aliphatic rings. The standard InChI is InChI=1S/C13H19N3O2/c1-2-9-15(13-7-8-14-10-13)11-3-5-12(6-4-11)16(17)18/h3-6,13-14H,2,7-10H2,1H3. The number of nitrogens with zero attached hydrogens (tertiary/aromatic N) is 2. The van der Waals surface area contributed by atoms with Crippen molar-refractivity contribution in [1.82, 2.24) is 5.32 Å². The summed E-state index contributed by atoms with van der Waals surface area (Å²) in [5.41, 5.74) is 1.23. The molecule has 1 aromatic rings. The van der Waals surface area contributed by atoms with E-state index in [0.717, 1.165) is 38.2 Å². The number of nitrogens with one attached hydrogen (secondary N) is 1. The molecule has 18 heavy (non-hydrogen) atoms. The maximum Gasteiger partial charge on any atom is 0.269 e. The van der Waals surface area contributed by atoms with Crippen LogP contribution in [0.4, 0.5) is 11.4 Å². The van der Waals surface area contributed by atoms with Crippen molar-refractivity contribution in [2.45, 2.75) is 25.8 Å². The Hall–Kier alpha value is -1.62. The number of hydrogen-bond acceptors (Lipinski definition) is 4. The van der Waals surface area contributed by atoms with Crippen LogP contribution in [0, 0.1) is 10.1 Å². The fraction of sp³-hybridized carbons (Fsp3) is 0.538. The zero-order valence-electron chi connectivity index (χ0n) is 10.6. The van der Waals surface area contributed by atoms with E-state index >= 15 is 0 Å². The van der Waals surface area contributed by atoms with Crippen LogP contribution in [0.25, 0.3) is 0 Å². The minimum atomic E-state index is -0.356. The Morgan fingerprint density at radius 1 is 1.44 bits per heavy atom. The molecular formula is C13H19N3O2. The Labute approximate surface area is 107 Å². The van der Waals surface area contributed by atoms with Gasteiger partial charge in [-0.15, -0.1) is 0 Å². The van der Waals surface area contributed by atoms with Gasteiger partial charge < -0.3 is 10.2 Å². The second-order valence-electron chi connectivity index (χ2n) is 4.61. The highest BCUT2D eigenvalue weighted by atomic mass is 16.6. The maximum absolute atomic E-state index is 10.6. The summed E-state index contributed by atoms with van der Waals surface area (Å²) in [7, 11) is 0. The average molecular weight is 249 g/mol. The van der Waals surface area contributed by atoms with Gasteiger partial charge in [0.05, 0.1) is 4.92 Å². The fourth-order valence-corrected chi connectivity index (χ4v) is 2.43. The lowest BCUT2D eigenvalue weighted by Gasteiger charge is -2.30. The van der Waals surface area contributed by atoms with Gasteiger partial charge in [-0.3, -0.25) is 10.1 Å². The predicted molar refractivity (Wildman–Crippen MR) is 72.0 cm³/mol. The van der Waals surface area contributed by atoms with E-state index in [9.17, 15) is 10.1 Å². The van der Waals surface area contributed by atoms with Crippen molar-refractivity contribution in [2.75, 3.05) is 24.5 Å². The van der Waals surface area contributed by atoms with Crippen LogP contribution in [0.5, 0.6) is 0 Å². The fourth-order valence-electron chi connectivity index (χ4n) is 2.43. The van der Waals surface area contributed by atoms with Crippen molar-refractivity contribution in [1.29, 1.82) is 0 Å². The molecule has 5 nitrogen and oxygen atoms in total. The molecule has 0 spiro atoms. The highest BCUT2D eigenvalue weighted by molar-refractivity contribution is 5.51. The number of non-ortho nitro benzene ring substituents is 1. The Morgan fingerprint density at radius 3 is 2.67 bits per heavy atom. The van der Waals surface area contributed by atoms with E-state index in [0.29, 0.717) is 6.04 Å². The van der Waals surface area contributed by atoms with Crippen LogP contribution in [-0.4, -0.2) is 30.6 Å². The van der Waals surface area contributed by atoms with Gasteiger partial charge in [0.25, 0.3) is 5.69 Å². The van der Waals surface area contributed by atoms with E-state index in [4.69, 9.17) is 0 Å². The molecule has 1 aromatic carbocycles. The van der Waals surface area contributed by atoms with E-state index in [1.165, 1.54) is 0 Å². The molecule has 1 N–H and O–H groups in total. The van der Waals surface area contributed by atoms with Gasteiger partial charge >= 0.3 is 0 Å². The lowest BCUT2D eigenvalue weighted by Crippen LogP contribution is -2.37. The van der Waals surface area contributed by atoms with Crippen LogP contribution in [-0.2, 0) is 0 Å². The molecule has 1 aliphatic heterocycles. The number of benzene rings is 1. The minimum absolute atomic E-state index is 0.153. The third-order valence-corrected chi connectivity index (χ3v) is 3.33. The maximum atomic E-state index is 10.6. The summed E-state index contributed by atoms with van der Waals surface area (Å²) >= 11 is 0. The Kier molecular flexibility index (Phi) is 4.15. The van der Waals surface area contributed by atoms with Crippen molar-refractivity contribution in [3.63, 3.8) is 0 Å².